The fraction of sp³-hybridized carbons (Fsp3) is 0.238. The molecule has 1 unspecified atom stereocenters. The molecule has 2 N–H and O–H groups in total. The van der Waals surface area contributed by atoms with Crippen molar-refractivity contribution in [3.63, 3.8) is 0 Å². The molecule has 0 aromatic heterocycles. The lowest BCUT2D eigenvalue weighted by molar-refractivity contribution is -0.121. The third kappa shape index (κ3) is 6.76. The molecule has 29 heavy (non-hydrogen) atoms. The first kappa shape index (κ1) is 21.6. The number of benzene rings is 2. The zero-order valence-corrected chi connectivity index (χ0v) is 16.0. The van der Waals surface area contributed by atoms with Gasteiger partial charge in [0.1, 0.15) is 19.2 Å². The quantitative estimate of drug-likeness (QED) is 0.669. The van der Waals surface area contributed by atoms with E-state index in [1.165, 1.54) is 7.05 Å². The molecule has 8 nitrogen and oxygen atoms in total. The molecule has 0 spiro atoms. The highest BCUT2D eigenvalue weighted by molar-refractivity contribution is 6.00. The Labute approximate surface area is 168 Å². The van der Waals surface area contributed by atoms with Gasteiger partial charge in [0, 0.05) is 12.7 Å². The second-order valence-electron chi connectivity index (χ2n) is 6.03. The Morgan fingerprint density at radius 3 is 2.24 bits per heavy atom. The molecule has 3 amide bonds. The van der Waals surface area contributed by atoms with Crippen molar-refractivity contribution in [2.24, 2.45) is 0 Å². The molecule has 0 fully saturated rings. The molecule has 0 saturated heterocycles. The van der Waals surface area contributed by atoms with E-state index in [1.807, 2.05) is 18.2 Å². The van der Waals surface area contributed by atoms with Crippen LogP contribution in [-0.4, -0.2) is 43.8 Å². The summed E-state index contributed by atoms with van der Waals surface area (Å²) in [4.78, 5) is 48.9. The van der Waals surface area contributed by atoms with Crippen molar-refractivity contribution in [3.05, 3.63) is 66.2 Å². The van der Waals surface area contributed by atoms with E-state index in [2.05, 4.69) is 10.6 Å². The smallest absolute Gasteiger partial charge is 0.407 e. The summed E-state index contributed by atoms with van der Waals surface area (Å²) in [5, 5.41) is 4.78. The number of hydrogen-bond donors (Lipinski definition) is 2. The van der Waals surface area contributed by atoms with Gasteiger partial charge >= 0.3 is 6.09 Å². The predicted molar refractivity (Wildman–Crippen MR) is 107 cm³/mol. The van der Waals surface area contributed by atoms with Crippen molar-refractivity contribution in [2.45, 2.75) is 19.1 Å². The van der Waals surface area contributed by atoms with Crippen LogP contribution in [0.4, 0.5) is 10.5 Å². The van der Waals surface area contributed by atoms with Crippen LogP contribution in [0.2, 0.25) is 0 Å². The number of nitrogens with zero attached hydrogens (tertiary/aromatic N) is 1. The van der Waals surface area contributed by atoms with E-state index >= 15 is 0 Å². The van der Waals surface area contributed by atoms with E-state index in [0.717, 1.165) is 10.5 Å². The Bertz CT molecular complexity index is 827. The summed E-state index contributed by atoms with van der Waals surface area (Å²) >= 11 is 0. The Kier molecular flexibility index (Phi) is 8.37. The molecule has 0 aliphatic heterocycles. The van der Waals surface area contributed by atoms with Crippen molar-refractivity contribution in [2.75, 3.05) is 18.5 Å². The summed E-state index contributed by atoms with van der Waals surface area (Å²) in [6.07, 6.45) is 0.710. The van der Waals surface area contributed by atoms with E-state index in [-0.39, 0.29) is 13.0 Å². The van der Waals surface area contributed by atoms with Gasteiger partial charge in [0.25, 0.3) is 0 Å². The Morgan fingerprint density at radius 1 is 1.03 bits per heavy atom. The first-order chi connectivity index (χ1) is 14.0. The van der Waals surface area contributed by atoms with Crippen molar-refractivity contribution in [1.29, 1.82) is 0 Å². The van der Waals surface area contributed by atoms with Gasteiger partial charge in [-0.1, -0.05) is 48.5 Å². The number of hydrogen-bond acceptors (Lipinski definition) is 5. The largest absolute Gasteiger partial charge is 0.445 e. The van der Waals surface area contributed by atoms with Crippen LogP contribution >= 0.6 is 0 Å². The van der Waals surface area contributed by atoms with Crippen LogP contribution in [0.3, 0.4) is 0 Å². The van der Waals surface area contributed by atoms with Crippen LogP contribution in [-0.2, 0) is 25.7 Å². The van der Waals surface area contributed by atoms with Gasteiger partial charge in [-0.2, -0.15) is 0 Å². The maximum absolute atomic E-state index is 12.7. The number of ether oxygens (including phenoxy) is 1. The van der Waals surface area contributed by atoms with Crippen molar-refractivity contribution >= 4 is 29.9 Å². The highest BCUT2D eigenvalue weighted by Gasteiger charge is 2.28. The van der Waals surface area contributed by atoms with Crippen LogP contribution in [0.1, 0.15) is 12.0 Å². The molecule has 0 aliphatic rings. The van der Waals surface area contributed by atoms with Gasteiger partial charge in [-0.25, -0.2) is 4.79 Å². The average Bonchev–Trinajstić information content (AvgIpc) is 2.77. The first-order valence-corrected chi connectivity index (χ1v) is 8.95. The molecule has 151 valence electrons. The molecule has 0 aliphatic carbocycles. The number of carbonyl (C=O) groups excluding carboxylic acids is 4. The molecule has 8 heteroatoms. The van der Waals surface area contributed by atoms with Gasteiger partial charge in [-0.3, -0.25) is 19.3 Å². The topological polar surface area (TPSA) is 105 Å². The number of alkyl carbamates (subject to hydrolysis) is 1. The molecule has 2 aromatic rings. The van der Waals surface area contributed by atoms with Gasteiger partial charge in [0.05, 0.1) is 6.42 Å². The maximum Gasteiger partial charge on any atom is 0.407 e. The number of amides is 3. The lowest BCUT2D eigenvalue weighted by Gasteiger charge is -2.27. The van der Waals surface area contributed by atoms with Crippen LogP contribution in [0.25, 0.3) is 0 Å². The second kappa shape index (κ2) is 11.2. The van der Waals surface area contributed by atoms with Gasteiger partial charge < -0.3 is 15.4 Å². The zero-order chi connectivity index (χ0) is 21.1. The minimum Gasteiger partial charge on any atom is -0.445 e. The van der Waals surface area contributed by atoms with Crippen molar-refractivity contribution < 1.29 is 23.9 Å². The summed E-state index contributed by atoms with van der Waals surface area (Å²) in [5.41, 5.74) is 1.22. The lowest BCUT2D eigenvalue weighted by Crippen LogP contribution is -2.48. The molecule has 2 rings (SSSR count). The van der Waals surface area contributed by atoms with E-state index in [9.17, 15) is 19.2 Å². The minimum absolute atomic E-state index is 0.0602. The molecule has 0 heterocycles. The number of nitrogens with one attached hydrogen (secondary N) is 2. The highest BCUT2D eigenvalue weighted by Crippen LogP contribution is 2.18. The van der Waals surface area contributed by atoms with Gasteiger partial charge in [-0.05, 0) is 17.7 Å². The summed E-state index contributed by atoms with van der Waals surface area (Å²) in [5.74, 6) is -0.993. The van der Waals surface area contributed by atoms with Gasteiger partial charge in [-0.15, -0.1) is 0 Å². The van der Waals surface area contributed by atoms with Crippen LogP contribution in [0.5, 0.6) is 0 Å². The molecule has 0 bridgehead atoms. The molecular formula is C21H22N3O5. The summed E-state index contributed by atoms with van der Waals surface area (Å²) in [6.45, 7) is -0.348. The third-order valence-corrected chi connectivity index (χ3v) is 4.01. The monoisotopic (exact) mass is 396 g/mol. The summed E-state index contributed by atoms with van der Waals surface area (Å²) in [7, 11) is 1.43. The van der Waals surface area contributed by atoms with E-state index in [1.54, 1.807) is 48.8 Å². The minimum atomic E-state index is -1.13. The molecular weight excluding hydrogens is 374 g/mol. The summed E-state index contributed by atoms with van der Waals surface area (Å²) < 4.78 is 5.07. The van der Waals surface area contributed by atoms with Crippen LogP contribution in [0.15, 0.2) is 60.7 Å². The van der Waals surface area contributed by atoms with Crippen LogP contribution in [0, 0.1) is 0 Å². The average molecular weight is 396 g/mol. The normalized spacial score (nSPS) is 11.1. The highest BCUT2D eigenvalue weighted by atomic mass is 16.5. The lowest BCUT2D eigenvalue weighted by atomic mass is 10.1. The molecule has 2 aromatic carbocycles. The molecule has 1 atom stereocenters. The predicted octanol–water partition coefficient (Wildman–Crippen LogP) is 1.56. The Morgan fingerprint density at radius 2 is 1.66 bits per heavy atom. The fourth-order valence-electron chi connectivity index (χ4n) is 2.56. The third-order valence-electron chi connectivity index (χ3n) is 4.01. The second-order valence-corrected chi connectivity index (χ2v) is 6.03. The van der Waals surface area contributed by atoms with Crippen molar-refractivity contribution in [3.8, 4) is 0 Å². The van der Waals surface area contributed by atoms with E-state index in [4.69, 9.17) is 4.74 Å². The number of rotatable bonds is 9. The first-order valence-electron chi connectivity index (χ1n) is 8.95. The molecule has 1 radical (unpaired) electrons. The Hall–Kier alpha value is -3.68. The van der Waals surface area contributed by atoms with Gasteiger partial charge in [0.15, 0.2) is 0 Å². The standard InChI is InChI=1S/C21H22N3O5/c1-22-19(26)12-18(14-25)24(17-10-6-3-7-11-17)20(27)13-23-21(28)29-15-16-8-4-2-5-9-16/h2-11,18H,12-13,15H2,1H3,(H,22,26)(H,23,28). The molecule has 0 saturated carbocycles. The van der Waals surface area contributed by atoms with E-state index < -0.39 is 30.5 Å². The Balaban J connectivity index is 2.02. The van der Waals surface area contributed by atoms with Crippen LogP contribution < -0.4 is 15.5 Å². The number of carbonyl (C=O) groups is 3. The fourth-order valence-corrected chi connectivity index (χ4v) is 2.56. The van der Waals surface area contributed by atoms with E-state index in [0.29, 0.717) is 5.69 Å². The number of para-hydroxylation sites is 1. The van der Waals surface area contributed by atoms with Crippen molar-refractivity contribution in [1.82, 2.24) is 10.6 Å². The van der Waals surface area contributed by atoms with Gasteiger partial charge in [0.2, 0.25) is 18.1 Å². The SMILES string of the molecule is CNC(=O)CC([C]=O)N(C(=O)CNC(=O)OCc1ccccc1)c1ccccc1. The zero-order valence-electron chi connectivity index (χ0n) is 16.0. The summed E-state index contributed by atoms with van der Waals surface area (Å²) in [6, 6.07) is 16.4. The maximum atomic E-state index is 12.7. The number of anilines is 1.